The van der Waals surface area contributed by atoms with Gasteiger partial charge in [0.1, 0.15) is 10.6 Å². The minimum atomic E-state index is -0.611. The molecule has 1 amide bonds. The van der Waals surface area contributed by atoms with Crippen LogP contribution in [0.1, 0.15) is 28.5 Å². The number of nitrogens with zero attached hydrogens (tertiary/aromatic N) is 1. The lowest BCUT2D eigenvalue weighted by molar-refractivity contribution is -0.113. The van der Waals surface area contributed by atoms with E-state index in [1.165, 1.54) is 7.11 Å². The number of carbonyl (C=O) groups excluding carboxylic acids is 2. The molecule has 0 spiro atoms. The van der Waals surface area contributed by atoms with Crippen LogP contribution in [-0.4, -0.2) is 34.7 Å². The van der Waals surface area contributed by atoms with Gasteiger partial charge >= 0.3 is 11.7 Å². The van der Waals surface area contributed by atoms with E-state index in [4.69, 9.17) is 4.74 Å². The smallest absolute Gasteiger partial charge is 0.346 e. The van der Waals surface area contributed by atoms with Crippen LogP contribution < -0.4 is 11.0 Å². The topological polar surface area (TPSA) is 101 Å². The number of thioether (sulfide) groups is 1. The number of amides is 1. The number of aromatic amines is 1. The maximum atomic E-state index is 12.1. The third-order valence-electron chi connectivity index (χ3n) is 3.43. The van der Waals surface area contributed by atoms with E-state index < -0.39 is 11.7 Å². The molecule has 0 atom stereocenters. The summed E-state index contributed by atoms with van der Waals surface area (Å²) in [6.07, 6.45) is 0.872. The van der Waals surface area contributed by atoms with E-state index >= 15 is 0 Å². The summed E-state index contributed by atoms with van der Waals surface area (Å²) in [7, 11) is 1.24. The van der Waals surface area contributed by atoms with Gasteiger partial charge in [-0.05, 0) is 31.0 Å². The second-order valence-electron chi connectivity index (χ2n) is 5.23. The van der Waals surface area contributed by atoms with Crippen molar-refractivity contribution >= 4 is 29.3 Å². The molecular weight excluding hydrogens is 342 g/mol. The standard InChI is InChI=1S/C17H19N3O4S/c1-4-11-6-5-7-12(8-11)19-13(21)9-25-15-14(16(22)24-3)10(2)18-17(23)20-15/h5-8H,4,9H2,1-3H3,(H,19,21)(H,18,20,23). The molecule has 132 valence electrons. The molecule has 2 N–H and O–H groups in total. The second kappa shape index (κ2) is 8.48. The highest BCUT2D eigenvalue weighted by molar-refractivity contribution is 8.00. The van der Waals surface area contributed by atoms with Gasteiger partial charge in [-0.3, -0.25) is 4.79 Å². The molecule has 0 radical (unpaired) electrons. The summed E-state index contributed by atoms with van der Waals surface area (Å²) in [6, 6.07) is 7.56. The first-order chi connectivity index (χ1) is 11.9. The van der Waals surface area contributed by atoms with Gasteiger partial charge in [0.05, 0.1) is 12.9 Å². The van der Waals surface area contributed by atoms with Crippen LogP contribution in [0.3, 0.4) is 0 Å². The number of benzene rings is 1. The van der Waals surface area contributed by atoms with E-state index in [1.54, 1.807) is 13.0 Å². The molecule has 0 aliphatic carbocycles. The normalized spacial score (nSPS) is 10.4. The molecule has 1 heterocycles. The lowest BCUT2D eigenvalue weighted by Gasteiger charge is -2.09. The van der Waals surface area contributed by atoms with Crippen LogP contribution in [0.5, 0.6) is 0 Å². The van der Waals surface area contributed by atoms with Crippen LogP contribution in [0.2, 0.25) is 0 Å². The Balaban J connectivity index is 2.11. The monoisotopic (exact) mass is 361 g/mol. The summed E-state index contributed by atoms with van der Waals surface area (Å²) in [4.78, 5) is 41.8. The number of carbonyl (C=O) groups is 2. The summed E-state index contributed by atoms with van der Waals surface area (Å²) >= 11 is 1.01. The molecule has 25 heavy (non-hydrogen) atoms. The number of hydrogen-bond acceptors (Lipinski definition) is 6. The van der Waals surface area contributed by atoms with Crippen LogP contribution >= 0.6 is 11.8 Å². The predicted molar refractivity (Wildman–Crippen MR) is 96.1 cm³/mol. The Hall–Kier alpha value is -2.61. The molecule has 0 aliphatic rings. The molecule has 0 saturated heterocycles. The Morgan fingerprint density at radius 3 is 2.80 bits per heavy atom. The van der Waals surface area contributed by atoms with Gasteiger partial charge in [0, 0.05) is 11.4 Å². The number of H-pyrrole nitrogens is 1. The lowest BCUT2D eigenvalue weighted by Crippen LogP contribution is -2.20. The van der Waals surface area contributed by atoms with Gasteiger partial charge in [-0.1, -0.05) is 30.8 Å². The highest BCUT2D eigenvalue weighted by Crippen LogP contribution is 2.22. The van der Waals surface area contributed by atoms with Gasteiger partial charge in [0.2, 0.25) is 5.91 Å². The van der Waals surface area contributed by atoms with Crippen molar-refractivity contribution in [3.05, 3.63) is 51.6 Å². The van der Waals surface area contributed by atoms with Gasteiger partial charge in [-0.25, -0.2) is 9.59 Å². The third kappa shape index (κ3) is 4.93. The number of aromatic nitrogens is 2. The van der Waals surface area contributed by atoms with Crippen LogP contribution in [0.25, 0.3) is 0 Å². The van der Waals surface area contributed by atoms with E-state index in [0.29, 0.717) is 11.4 Å². The number of methoxy groups -OCH3 is 1. The quantitative estimate of drug-likeness (QED) is 0.464. The number of hydrogen-bond donors (Lipinski definition) is 2. The Morgan fingerprint density at radius 2 is 2.12 bits per heavy atom. The number of esters is 1. The van der Waals surface area contributed by atoms with Crippen molar-refractivity contribution in [1.29, 1.82) is 0 Å². The van der Waals surface area contributed by atoms with Crippen LogP contribution in [0.4, 0.5) is 5.69 Å². The second-order valence-corrected chi connectivity index (χ2v) is 6.19. The van der Waals surface area contributed by atoms with Crippen molar-refractivity contribution in [2.45, 2.75) is 25.3 Å². The summed E-state index contributed by atoms with van der Waals surface area (Å²) in [6.45, 7) is 3.61. The van der Waals surface area contributed by atoms with E-state index in [2.05, 4.69) is 15.3 Å². The van der Waals surface area contributed by atoms with E-state index in [1.807, 2.05) is 25.1 Å². The zero-order valence-corrected chi connectivity index (χ0v) is 15.0. The molecule has 0 bridgehead atoms. The highest BCUT2D eigenvalue weighted by atomic mass is 32.2. The molecule has 1 aromatic carbocycles. The van der Waals surface area contributed by atoms with E-state index in [-0.39, 0.29) is 22.2 Å². The van der Waals surface area contributed by atoms with Gasteiger partial charge < -0.3 is 15.0 Å². The van der Waals surface area contributed by atoms with Crippen molar-refractivity contribution in [2.75, 3.05) is 18.2 Å². The Labute approximate surface area is 149 Å². The molecule has 1 aromatic heterocycles. The van der Waals surface area contributed by atoms with Crippen molar-refractivity contribution in [3.8, 4) is 0 Å². The first kappa shape index (κ1) is 18.7. The Morgan fingerprint density at radius 1 is 1.36 bits per heavy atom. The number of ether oxygens (including phenoxy) is 1. The summed E-state index contributed by atoms with van der Waals surface area (Å²) in [5.41, 5.74) is 1.75. The zero-order valence-electron chi connectivity index (χ0n) is 14.2. The van der Waals surface area contributed by atoms with Crippen molar-refractivity contribution in [2.24, 2.45) is 0 Å². The maximum absolute atomic E-state index is 12.1. The summed E-state index contributed by atoms with van der Waals surface area (Å²) in [5, 5.41) is 2.96. The van der Waals surface area contributed by atoms with Crippen LogP contribution in [0, 0.1) is 6.92 Å². The molecule has 0 saturated carbocycles. The predicted octanol–water partition coefficient (Wildman–Crippen LogP) is 2.16. The Bertz CT molecular complexity index is 848. The SMILES string of the molecule is CCc1cccc(NC(=O)CSc2nc(=O)[nH]c(C)c2C(=O)OC)c1. The average molecular weight is 361 g/mol. The largest absolute Gasteiger partial charge is 0.465 e. The fourth-order valence-electron chi connectivity index (χ4n) is 2.21. The summed E-state index contributed by atoms with van der Waals surface area (Å²) < 4.78 is 4.71. The fraction of sp³-hybridized carbons (Fsp3) is 0.294. The number of anilines is 1. The average Bonchev–Trinajstić information content (AvgIpc) is 2.59. The third-order valence-corrected chi connectivity index (χ3v) is 4.41. The van der Waals surface area contributed by atoms with Gasteiger partial charge in [0.25, 0.3) is 0 Å². The number of aryl methyl sites for hydroxylation is 2. The van der Waals surface area contributed by atoms with Crippen molar-refractivity contribution in [3.63, 3.8) is 0 Å². The minimum Gasteiger partial charge on any atom is -0.465 e. The van der Waals surface area contributed by atoms with E-state index in [0.717, 1.165) is 23.7 Å². The van der Waals surface area contributed by atoms with Gasteiger partial charge in [0.15, 0.2) is 0 Å². The minimum absolute atomic E-state index is 0.0102. The number of nitrogens with one attached hydrogen (secondary N) is 2. The fourth-order valence-corrected chi connectivity index (χ4v) is 3.07. The molecule has 0 unspecified atom stereocenters. The summed E-state index contributed by atoms with van der Waals surface area (Å²) in [5.74, 6) is -0.857. The molecule has 2 rings (SSSR count). The number of rotatable bonds is 6. The first-order valence-corrected chi connectivity index (χ1v) is 8.64. The molecule has 0 fully saturated rings. The van der Waals surface area contributed by atoms with Crippen LogP contribution in [0.15, 0.2) is 34.1 Å². The molecular formula is C17H19N3O4S. The van der Waals surface area contributed by atoms with Crippen molar-refractivity contribution < 1.29 is 14.3 Å². The molecule has 8 heteroatoms. The zero-order chi connectivity index (χ0) is 18.4. The van der Waals surface area contributed by atoms with E-state index in [9.17, 15) is 14.4 Å². The Kier molecular flexibility index (Phi) is 6.35. The first-order valence-electron chi connectivity index (χ1n) is 7.65. The molecule has 2 aromatic rings. The van der Waals surface area contributed by atoms with Crippen molar-refractivity contribution in [1.82, 2.24) is 9.97 Å². The van der Waals surface area contributed by atoms with Crippen LogP contribution in [-0.2, 0) is 16.0 Å². The van der Waals surface area contributed by atoms with Gasteiger partial charge in [-0.15, -0.1) is 0 Å². The highest BCUT2D eigenvalue weighted by Gasteiger charge is 2.19. The van der Waals surface area contributed by atoms with Gasteiger partial charge in [-0.2, -0.15) is 4.98 Å². The lowest BCUT2D eigenvalue weighted by atomic mass is 10.1. The molecule has 0 aliphatic heterocycles. The molecule has 7 nitrogen and oxygen atoms in total. The maximum Gasteiger partial charge on any atom is 0.346 e.